The maximum Gasteiger partial charge on any atom is 0.410 e. The van der Waals surface area contributed by atoms with Crippen LogP contribution in [0.2, 0.25) is 0 Å². The van der Waals surface area contributed by atoms with Crippen molar-refractivity contribution in [1.29, 1.82) is 0 Å². The minimum absolute atomic E-state index is 0.0198. The van der Waals surface area contributed by atoms with Crippen molar-refractivity contribution in [3.8, 4) is 11.3 Å². The van der Waals surface area contributed by atoms with E-state index in [-0.39, 0.29) is 12.1 Å². The molecule has 1 fully saturated rings. The van der Waals surface area contributed by atoms with Gasteiger partial charge in [-0.15, -0.1) is 11.3 Å². The number of amides is 1. The molecule has 6 nitrogen and oxygen atoms in total. The number of aromatic nitrogens is 3. The summed E-state index contributed by atoms with van der Waals surface area (Å²) in [5.41, 5.74) is 2.25. The molecule has 1 amide bonds. The lowest BCUT2D eigenvalue weighted by atomic mass is 10.2. The van der Waals surface area contributed by atoms with Gasteiger partial charge in [-0.2, -0.15) is 0 Å². The summed E-state index contributed by atoms with van der Waals surface area (Å²) in [4.78, 5) is 26.8. The molecular formula is C19H21BrN4O2S. The van der Waals surface area contributed by atoms with E-state index in [1.165, 1.54) is 0 Å². The molecule has 1 aliphatic heterocycles. The molecule has 1 unspecified atom stereocenters. The van der Waals surface area contributed by atoms with Crippen LogP contribution in [0.1, 0.15) is 44.7 Å². The lowest BCUT2D eigenvalue weighted by Gasteiger charge is -2.27. The van der Waals surface area contributed by atoms with E-state index in [4.69, 9.17) is 9.72 Å². The third kappa shape index (κ3) is 3.73. The Hall–Kier alpha value is -1.93. The van der Waals surface area contributed by atoms with Crippen molar-refractivity contribution in [1.82, 2.24) is 19.9 Å². The molecule has 1 saturated heterocycles. The van der Waals surface area contributed by atoms with Gasteiger partial charge in [0.2, 0.25) is 0 Å². The van der Waals surface area contributed by atoms with Crippen molar-refractivity contribution in [2.45, 2.75) is 45.3 Å². The van der Waals surface area contributed by atoms with Gasteiger partial charge in [-0.3, -0.25) is 4.90 Å². The normalized spacial score (nSPS) is 17.6. The van der Waals surface area contributed by atoms with Gasteiger partial charge in [0, 0.05) is 39.7 Å². The number of nitrogens with one attached hydrogen (secondary N) is 1. The van der Waals surface area contributed by atoms with Crippen LogP contribution in [0.5, 0.6) is 0 Å². The fourth-order valence-corrected chi connectivity index (χ4v) is 4.61. The molecule has 142 valence electrons. The molecule has 3 aromatic heterocycles. The fraction of sp³-hybridized carbons (Fsp3) is 0.421. The van der Waals surface area contributed by atoms with Crippen molar-refractivity contribution in [2.75, 3.05) is 6.54 Å². The standard InChI is InChI=1S/C19H21BrN4O2S/c1-19(2,3)26-18(25)24-6-4-5-15(24)17-23-14(10-27-17)13-9-22-16-12(13)7-11(20)8-21-16/h7-10,15H,4-6H2,1-3H3,(H,21,22). The van der Waals surface area contributed by atoms with Crippen LogP contribution in [0, 0.1) is 0 Å². The molecule has 4 heterocycles. The Morgan fingerprint density at radius 3 is 3.04 bits per heavy atom. The summed E-state index contributed by atoms with van der Waals surface area (Å²) in [6, 6.07) is 2.02. The number of fused-ring (bicyclic) bond motifs is 1. The first-order valence-corrected chi connectivity index (χ1v) is 10.6. The summed E-state index contributed by atoms with van der Waals surface area (Å²) >= 11 is 5.07. The third-order valence-electron chi connectivity index (χ3n) is 4.46. The van der Waals surface area contributed by atoms with E-state index in [9.17, 15) is 4.79 Å². The molecule has 8 heteroatoms. The van der Waals surface area contributed by atoms with Gasteiger partial charge in [0.05, 0.1) is 11.7 Å². The highest BCUT2D eigenvalue weighted by Gasteiger charge is 2.35. The second-order valence-corrected chi connectivity index (χ2v) is 9.46. The van der Waals surface area contributed by atoms with E-state index in [1.807, 2.05) is 38.4 Å². The first-order valence-electron chi connectivity index (χ1n) is 8.90. The molecule has 1 N–H and O–H groups in total. The first kappa shape index (κ1) is 18.4. The molecule has 1 atom stereocenters. The van der Waals surface area contributed by atoms with E-state index < -0.39 is 5.60 Å². The summed E-state index contributed by atoms with van der Waals surface area (Å²) in [5, 5.41) is 4.02. The number of hydrogen-bond donors (Lipinski definition) is 1. The number of carbonyl (C=O) groups is 1. The molecule has 0 bridgehead atoms. The van der Waals surface area contributed by atoms with Crippen LogP contribution in [-0.2, 0) is 4.74 Å². The van der Waals surface area contributed by atoms with Crippen molar-refractivity contribution < 1.29 is 9.53 Å². The van der Waals surface area contributed by atoms with Gasteiger partial charge in [0.15, 0.2) is 0 Å². The summed E-state index contributed by atoms with van der Waals surface area (Å²) in [6.45, 7) is 6.38. The van der Waals surface area contributed by atoms with Gasteiger partial charge >= 0.3 is 6.09 Å². The highest BCUT2D eigenvalue weighted by Crippen LogP contribution is 2.37. The number of halogens is 1. The van der Waals surface area contributed by atoms with E-state index in [0.717, 1.165) is 44.6 Å². The molecule has 27 heavy (non-hydrogen) atoms. The number of thiazole rings is 1. The highest BCUT2D eigenvalue weighted by molar-refractivity contribution is 9.10. The summed E-state index contributed by atoms with van der Waals surface area (Å²) in [6.07, 6.45) is 5.31. The quantitative estimate of drug-likeness (QED) is 0.559. The molecular weight excluding hydrogens is 428 g/mol. The Labute approximate surface area is 170 Å². The van der Waals surface area contributed by atoms with Crippen LogP contribution in [-0.4, -0.2) is 38.1 Å². The maximum absolute atomic E-state index is 12.6. The minimum Gasteiger partial charge on any atom is -0.444 e. The number of ether oxygens (including phenoxy) is 1. The zero-order valence-electron chi connectivity index (χ0n) is 15.5. The molecule has 1 aliphatic rings. The number of carbonyl (C=O) groups excluding carboxylic acids is 1. The second kappa shape index (κ2) is 6.91. The predicted molar refractivity (Wildman–Crippen MR) is 110 cm³/mol. The van der Waals surface area contributed by atoms with Crippen molar-refractivity contribution in [3.63, 3.8) is 0 Å². The summed E-state index contributed by atoms with van der Waals surface area (Å²) in [7, 11) is 0. The molecule has 0 radical (unpaired) electrons. The number of hydrogen-bond acceptors (Lipinski definition) is 5. The van der Waals surface area contributed by atoms with Gasteiger partial charge in [0.25, 0.3) is 0 Å². The molecule has 0 aliphatic carbocycles. The van der Waals surface area contributed by atoms with Crippen LogP contribution < -0.4 is 0 Å². The molecule has 0 aromatic carbocycles. The Kier molecular flexibility index (Phi) is 4.71. The van der Waals surface area contributed by atoms with Crippen LogP contribution in [0.25, 0.3) is 22.3 Å². The lowest BCUT2D eigenvalue weighted by Crippen LogP contribution is -2.36. The molecule has 4 rings (SSSR count). The predicted octanol–water partition coefficient (Wildman–Crippen LogP) is 5.52. The number of pyridine rings is 1. The summed E-state index contributed by atoms with van der Waals surface area (Å²) < 4.78 is 6.50. The topological polar surface area (TPSA) is 71.1 Å². The average Bonchev–Trinajstić information content (AvgIpc) is 3.31. The number of rotatable bonds is 2. The maximum atomic E-state index is 12.6. The fourth-order valence-electron chi connectivity index (χ4n) is 3.32. The van der Waals surface area contributed by atoms with Crippen molar-refractivity contribution in [2.24, 2.45) is 0 Å². The number of nitrogens with zero attached hydrogens (tertiary/aromatic N) is 3. The Bertz CT molecular complexity index is 991. The third-order valence-corrected chi connectivity index (χ3v) is 5.84. The largest absolute Gasteiger partial charge is 0.444 e. The van der Waals surface area contributed by atoms with Crippen molar-refractivity contribution in [3.05, 3.63) is 33.3 Å². The average molecular weight is 449 g/mol. The van der Waals surface area contributed by atoms with Gasteiger partial charge in [-0.05, 0) is 55.6 Å². The Morgan fingerprint density at radius 1 is 1.44 bits per heavy atom. The SMILES string of the molecule is CC(C)(C)OC(=O)N1CCCC1c1nc(-c2c[nH]c3ncc(Br)cc23)cs1. The zero-order chi connectivity index (χ0) is 19.2. The van der Waals surface area contributed by atoms with Gasteiger partial charge < -0.3 is 9.72 Å². The number of aromatic amines is 1. The van der Waals surface area contributed by atoms with Crippen LogP contribution in [0.3, 0.4) is 0 Å². The van der Waals surface area contributed by atoms with E-state index in [2.05, 4.69) is 25.9 Å². The zero-order valence-corrected chi connectivity index (χ0v) is 17.9. The first-order chi connectivity index (χ1) is 12.8. The van der Waals surface area contributed by atoms with Crippen LogP contribution in [0.4, 0.5) is 4.79 Å². The van der Waals surface area contributed by atoms with Gasteiger partial charge in [-0.25, -0.2) is 14.8 Å². The minimum atomic E-state index is -0.497. The van der Waals surface area contributed by atoms with E-state index in [1.54, 1.807) is 22.4 Å². The van der Waals surface area contributed by atoms with Crippen LogP contribution >= 0.6 is 27.3 Å². The monoisotopic (exact) mass is 448 g/mol. The highest BCUT2D eigenvalue weighted by atomic mass is 79.9. The smallest absolute Gasteiger partial charge is 0.410 e. The Morgan fingerprint density at radius 2 is 2.26 bits per heavy atom. The second-order valence-electron chi connectivity index (χ2n) is 7.65. The van der Waals surface area contributed by atoms with Crippen LogP contribution in [0.15, 0.2) is 28.3 Å². The van der Waals surface area contributed by atoms with E-state index >= 15 is 0 Å². The number of H-pyrrole nitrogens is 1. The molecule has 3 aromatic rings. The van der Waals surface area contributed by atoms with Gasteiger partial charge in [-0.1, -0.05) is 0 Å². The molecule has 0 spiro atoms. The lowest BCUT2D eigenvalue weighted by molar-refractivity contribution is 0.0224. The van der Waals surface area contributed by atoms with E-state index in [0.29, 0.717) is 6.54 Å². The summed E-state index contributed by atoms with van der Waals surface area (Å²) in [5.74, 6) is 0. The number of likely N-dealkylation sites (tertiary alicyclic amines) is 1. The Balaban J connectivity index is 1.62. The van der Waals surface area contributed by atoms with Gasteiger partial charge in [0.1, 0.15) is 16.3 Å². The molecule has 0 saturated carbocycles. The van der Waals surface area contributed by atoms with Crippen molar-refractivity contribution >= 4 is 44.4 Å².